The van der Waals surface area contributed by atoms with E-state index in [9.17, 15) is 13.2 Å². The lowest BCUT2D eigenvalue weighted by atomic mass is 9.90. The zero-order valence-electron chi connectivity index (χ0n) is 19.4. The molecule has 0 bridgehead atoms. The number of hydrogen-bond acceptors (Lipinski definition) is 2. The fourth-order valence-electron chi connectivity index (χ4n) is 5.34. The molecule has 1 aliphatic heterocycles. The molecule has 0 aliphatic carbocycles. The molecule has 0 radical (unpaired) electrons. The van der Waals surface area contributed by atoms with E-state index in [1.807, 2.05) is 84.9 Å². The number of rotatable bonds is 2. The highest BCUT2D eigenvalue weighted by Crippen LogP contribution is 2.46. The van der Waals surface area contributed by atoms with Crippen molar-refractivity contribution >= 4 is 32.9 Å². The summed E-state index contributed by atoms with van der Waals surface area (Å²) in [5, 5.41) is 1.38. The smallest absolute Gasteiger partial charge is 0.450 e. The van der Waals surface area contributed by atoms with Crippen molar-refractivity contribution in [1.29, 1.82) is 0 Å². The first-order valence-electron chi connectivity index (χ1n) is 11.9. The Labute approximate surface area is 210 Å². The predicted octanol–water partition coefficient (Wildman–Crippen LogP) is 8.22. The Morgan fingerprint density at radius 3 is 2.22 bits per heavy atom. The van der Waals surface area contributed by atoms with Gasteiger partial charge >= 0.3 is 6.18 Å². The van der Waals surface area contributed by atoms with E-state index in [1.54, 1.807) is 24.3 Å². The van der Waals surface area contributed by atoms with E-state index in [0.717, 1.165) is 27.6 Å². The van der Waals surface area contributed by atoms with Gasteiger partial charge in [0.2, 0.25) is 5.82 Å². The SMILES string of the molecule is FC(F)(F)c1nc2ccccc2c2c(C3=CC(c4ccccc4)Oc4ccccc43)c3ccccc3n12. The Balaban J connectivity index is 1.67. The van der Waals surface area contributed by atoms with Crippen molar-refractivity contribution in [3.8, 4) is 5.75 Å². The molecule has 7 rings (SSSR count). The summed E-state index contributed by atoms with van der Waals surface area (Å²) < 4.78 is 50.9. The number of alkyl halides is 3. The summed E-state index contributed by atoms with van der Waals surface area (Å²) in [5.74, 6) is -0.254. The van der Waals surface area contributed by atoms with Crippen LogP contribution in [0, 0.1) is 0 Å². The highest BCUT2D eigenvalue weighted by atomic mass is 19.4. The van der Waals surface area contributed by atoms with Gasteiger partial charge in [-0.2, -0.15) is 13.2 Å². The summed E-state index contributed by atoms with van der Waals surface area (Å²) in [6, 6.07) is 31.7. The monoisotopic (exact) mass is 492 g/mol. The lowest BCUT2D eigenvalue weighted by Gasteiger charge is -2.26. The Bertz CT molecular complexity index is 1850. The molecule has 4 aromatic carbocycles. The number of aromatic nitrogens is 2. The zero-order chi connectivity index (χ0) is 25.1. The van der Waals surface area contributed by atoms with Gasteiger partial charge in [-0.1, -0.05) is 84.9 Å². The molecule has 0 spiro atoms. The molecule has 2 aromatic heterocycles. The van der Waals surface area contributed by atoms with Crippen LogP contribution in [0.25, 0.3) is 32.9 Å². The van der Waals surface area contributed by atoms with Crippen LogP contribution in [0.4, 0.5) is 13.2 Å². The van der Waals surface area contributed by atoms with Crippen LogP contribution in [0.1, 0.15) is 28.6 Å². The molecular weight excluding hydrogens is 473 g/mol. The average Bonchev–Trinajstić information content (AvgIpc) is 3.27. The van der Waals surface area contributed by atoms with Gasteiger partial charge in [0, 0.05) is 21.9 Å². The van der Waals surface area contributed by atoms with Crippen LogP contribution in [-0.2, 0) is 6.18 Å². The van der Waals surface area contributed by atoms with Gasteiger partial charge in [0.05, 0.1) is 16.6 Å². The third-order valence-corrected chi connectivity index (χ3v) is 6.87. The zero-order valence-corrected chi connectivity index (χ0v) is 19.4. The van der Waals surface area contributed by atoms with Gasteiger partial charge in [0.25, 0.3) is 0 Å². The Morgan fingerprint density at radius 2 is 1.41 bits per heavy atom. The molecule has 1 atom stereocenters. The van der Waals surface area contributed by atoms with Gasteiger partial charge in [-0.3, -0.25) is 4.40 Å². The van der Waals surface area contributed by atoms with Crippen molar-refractivity contribution in [2.24, 2.45) is 0 Å². The topological polar surface area (TPSA) is 26.5 Å². The molecule has 0 amide bonds. The number of nitrogens with zero attached hydrogens (tertiary/aromatic N) is 2. The van der Waals surface area contributed by atoms with E-state index < -0.39 is 18.1 Å². The van der Waals surface area contributed by atoms with Crippen LogP contribution in [0.15, 0.2) is 109 Å². The third-order valence-electron chi connectivity index (χ3n) is 6.87. The van der Waals surface area contributed by atoms with Crippen LogP contribution in [-0.4, -0.2) is 9.38 Å². The van der Waals surface area contributed by atoms with Gasteiger partial charge in [-0.05, 0) is 35.4 Å². The van der Waals surface area contributed by atoms with Crippen molar-refractivity contribution in [2.45, 2.75) is 12.3 Å². The molecular formula is C31H19F3N2O. The molecule has 0 saturated heterocycles. The minimum atomic E-state index is -4.64. The number of para-hydroxylation sites is 3. The first kappa shape index (κ1) is 21.7. The standard InChI is InChI=1S/C31H19F3N2O/c32-31(33,34)30-35-24-15-7-4-13-21(24)29-28(22-14-5-8-16-25(22)36(29)30)23-18-27(19-10-2-1-3-11-19)37-26-17-9-6-12-20(23)26/h1-18,27H. The Morgan fingerprint density at radius 1 is 0.730 bits per heavy atom. The lowest BCUT2D eigenvalue weighted by Crippen LogP contribution is -2.15. The highest BCUT2D eigenvalue weighted by Gasteiger charge is 2.38. The van der Waals surface area contributed by atoms with E-state index >= 15 is 0 Å². The molecule has 6 heteroatoms. The minimum Gasteiger partial charge on any atom is -0.481 e. The molecule has 0 N–H and O–H groups in total. The molecule has 3 heterocycles. The van der Waals surface area contributed by atoms with Gasteiger partial charge < -0.3 is 4.74 Å². The van der Waals surface area contributed by atoms with E-state index in [2.05, 4.69) is 4.98 Å². The van der Waals surface area contributed by atoms with Crippen molar-refractivity contribution in [3.63, 3.8) is 0 Å². The second-order valence-electron chi connectivity index (χ2n) is 9.05. The average molecular weight is 493 g/mol. The van der Waals surface area contributed by atoms with Crippen LogP contribution in [0.3, 0.4) is 0 Å². The molecule has 3 nitrogen and oxygen atoms in total. The molecule has 0 fully saturated rings. The summed E-state index contributed by atoms with van der Waals surface area (Å²) >= 11 is 0. The van der Waals surface area contributed by atoms with Gasteiger partial charge in [-0.25, -0.2) is 4.98 Å². The fraction of sp³-hybridized carbons (Fsp3) is 0.0645. The Kier molecular flexibility index (Phi) is 4.67. The van der Waals surface area contributed by atoms with Gasteiger partial charge in [0.15, 0.2) is 0 Å². The maximum Gasteiger partial charge on any atom is 0.450 e. The molecule has 37 heavy (non-hydrogen) atoms. The van der Waals surface area contributed by atoms with Crippen LogP contribution >= 0.6 is 0 Å². The first-order chi connectivity index (χ1) is 18.0. The second kappa shape index (κ2) is 7.96. The summed E-state index contributed by atoms with van der Waals surface area (Å²) in [4.78, 5) is 4.08. The molecule has 180 valence electrons. The number of ether oxygens (including phenoxy) is 1. The molecule has 1 aliphatic rings. The van der Waals surface area contributed by atoms with E-state index in [0.29, 0.717) is 27.7 Å². The number of fused-ring (bicyclic) bond motifs is 6. The molecule has 1 unspecified atom stereocenters. The van der Waals surface area contributed by atoms with E-state index in [1.165, 1.54) is 4.40 Å². The maximum atomic E-state index is 14.4. The summed E-state index contributed by atoms with van der Waals surface area (Å²) in [7, 11) is 0. The number of hydrogen-bond donors (Lipinski definition) is 0. The van der Waals surface area contributed by atoms with Crippen molar-refractivity contribution in [1.82, 2.24) is 9.38 Å². The fourth-order valence-corrected chi connectivity index (χ4v) is 5.34. The van der Waals surface area contributed by atoms with Crippen LogP contribution in [0.5, 0.6) is 5.75 Å². The quantitative estimate of drug-likeness (QED) is 0.243. The largest absolute Gasteiger partial charge is 0.481 e. The Hall–Kier alpha value is -4.58. The lowest BCUT2D eigenvalue weighted by molar-refractivity contribution is -0.145. The molecule has 6 aromatic rings. The number of benzene rings is 4. The van der Waals surface area contributed by atoms with Crippen LogP contribution < -0.4 is 4.74 Å². The van der Waals surface area contributed by atoms with Gasteiger partial charge in [-0.15, -0.1) is 0 Å². The van der Waals surface area contributed by atoms with Crippen LogP contribution in [0.2, 0.25) is 0 Å². The second-order valence-corrected chi connectivity index (χ2v) is 9.05. The first-order valence-corrected chi connectivity index (χ1v) is 11.9. The summed E-state index contributed by atoms with van der Waals surface area (Å²) in [6.07, 6.45) is -3.02. The van der Waals surface area contributed by atoms with Gasteiger partial charge in [0.1, 0.15) is 11.9 Å². The maximum absolute atomic E-state index is 14.4. The van der Waals surface area contributed by atoms with Crippen molar-refractivity contribution in [3.05, 3.63) is 132 Å². The predicted molar refractivity (Wildman–Crippen MR) is 139 cm³/mol. The summed E-state index contributed by atoms with van der Waals surface area (Å²) in [5.41, 5.74) is 4.60. The minimum absolute atomic E-state index is 0.298. The summed E-state index contributed by atoms with van der Waals surface area (Å²) in [6.45, 7) is 0. The number of halogens is 3. The molecule has 0 saturated carbocycles. The third kappa shape index (κ3) is 3.33. The normalized spacial score (nSPS) is 15.5. The van der Waals surface area contributed by atoms with E-state index in [4.69, 9.17) is 4.74 Å². The van der Waals surface area contributed by atoms with Crippen molar-refractivity contribution in [2.75, 3.05) is 0 Å². The van der Waals surface area contributed by atoms with Crippen molar-refractivity contribution < 1.29 is 17.9 Å². The highest BCUT2D eigenvalue weighted by molar-refractivity contribution is 6.13. The van der Waals surface area contributed by atoms with E-state index in [-0.39, 0.29) is 0 Å².